The standard InChI is InChI=1S/C16H21N3OS/c1-10-16(21-12(3)18-10)11(2)19-15(20)9-14(17)13-7-5-4-6-8-13/h4-8,11,14H,9,17H2,1-3H3,(H,19,20). The van der Waals surface area contributed by atoms with Gasteiger partial charge >= 0.3 is 0 Å². The number of carbonyl (C=O) groups excluding carboxylic acids is 1. The first-order valence-corrected chi connectivity index (χ1v) is 7.83. The predicted octanol–water partition coefficient (Wildman–Crippen LogP) is 3.03. The minimum atomic E-state index is -0.275. The average molecular weight is 303 g/mol. The van der Waals surface area contributed by atoms with E-state index in [-0.39, 0.29) is 24.4 Å². The van der Waals surface area contributed by atoms with Crippen molar-refractivity contribution in [2.75, 3.05) is 0 Å². The average Bonchev–Trinajstić information content (AvgIpc) is 2.78. The van der Waals surface area contributed by atoms with Crippen LogP contribution >= 0.6 is 11.3 Å². The number of nitrogens with zero attached hydrogens (tertiary/aromatic N) is 1. The van der Waals surface area contributed by atoms with E-state index in [1.165, 1.54) is 0 Å². The molecule has 4 nitrogen and oxygen atoms in total. The quantitative estimate of drug-likeness (QED) is 0.892. The first-order valence-electron chi connectivity index (χ1n) is 7.01. The summed E-state index contributed by atoms with van der Waals surface area (Å²) >= 11 is 1.62. The van der Waals surface area contributed by atoms with Crippen molar-refractivity contribution in [3.05, 3.63) is 51.5 Å². The molecule has 112 valence electrons. The van der Waals surface area contributed by atoms with Crippen LogP contribution in [0.15, 0.2) is 30.3 Å². The van der Waals surface area contributed by atoms with Gasteiger partial charge in [0, 0.05) is 17.3 Å². The maximum absolute atomic E-state index is 12.1. The van der Waals surface area contributed by atoms with Gasteiger partial charge in [-0.1, -0.05) is 30.3 Å². The third-order valence-electron chi connectivity index (χ3n) is 3.34. The monoisotopic (exact) mass is 303 g/mol. The second-order valence-corrected chi connectivity index (χ2v) is 6.43. The van der Waals surface area contributed by atoms with E-state index in [2.05, 4.69) is 10.3 Å². The van der Waals surface area contributed by atoms with Crippen molar-refractivity contribution in [2.24, 2.45) is 5.73 Å². The molecule has 0 aliphatic carbocycles. The number of benzene rings is 1. The smallest absolute Gasteiger partial charge is 0.222 e. The van der Waals surface area contributed by atoms with Crippen LogP contribution in [0.4, 0.5) is 0 Å². The fourth-order valence-corrected chi connectivity index (χ4v) is 3.26. The largest absolute Gasteiger partial charge is 0.349 e. The molecule has 0 spiro atoms. The van der Waals surface area contributed by atoms with Gasteiger partial charge in [-0.05, 0) is 26.3 Å². The number of thiazole rings is 1. The summed E-state index contributed by atoms with van der Waals surface area (Å²) in [6, 6.07) is 9.37. The molecule has 0 radical (unpaired) electrons. The molecule has 0 aliphatic rings. The fraction of sp³-hybridized carbons (Fsp3) is 0.375. The third-order valence-corrected chi connectivity index (χ3v) is 4.60. The number of carbonyl (C=O) groups is 1. The molecule has 2 rings (SSSR count). The van der Waals surface area contributed by atoms with Crippen LogP contribution in [0.3, 0.4) is 0 Å². The van der Waals surface area contributed by atoms with Crippen molar-refractivity contribution in [3.8, 4) is 0 Å². The lowest BCUT2D eigenvalue weighted by atomic mass is 10.0. The van der Waals surface area contributed by atoms with Gasteiger partial charge in [0.15, 0.2) is 0 Å². The molecule has 1 heterocycles. The number of rotatable bonds is 5. The number of amides is 1. The van der Waals surface area contributed by atoms with Gasteiger partial charge < -0.3 is 11.1 Å². The molecule has 1 aromatic heterocycles. The minimum Gasteiger partial charge on any atom is -0.349 e. The van der Waals surface area contributed by atoms with Crippen molar-refractivity contribution < 1.29 is 4.79 Å². The number of nitrogens with one attached hydrogen (secondary N) is 1. The topological polar surface area (TPSA) is 68.0 Å². The van der Waals surface area contributed by atoms with E-state index in [9.17, 15) is 4.79 Å². The van der Waals surface area contributed by atoms with E-state index in [0.29, 0.717) is 0 Å². The van der Waals surface area contributed by atoms with Crippen LogP contribution in [-0.4, -0.2) is 10.9 Å². The molecule has 21 heavy (non-hydrogen) atoms. The highest BCUT2D eigenvalue weighted by molar-refractivity contribution is 7.11. The summed E-state index contributed by atoms with van der Waals surface area (Å²) in [4.78, 5) is 17.6. The van der Waals surface area contributed by atoms with Gasteiger partial charge in [-0.25, -0.2) is 4.98 Å². The molecule has 0 bridgehead atoms. The molecule has 2 aromatic rings. The maximum Gasteiger partial charge on any atom is 0.222 e. The molecule has 5 heteroatoms. The second-order valence-electron chi connectivity index (χ2n) is 5.19. The van der Waals surface area contributed by atoms with Crippen molar-refractivity contribution in [2.45, 2.75) is 39.3 Å². The molecule has 0 fully saturated rings. The number of hydrogen-bond acceptors (Lipinski definition) is 4. The number of hydrogen-bond donors (Lipinski definition) is 2. The predicted molar refractivity (Wildman–Crippen MR) is 86.1 cm³/mol. The van der Waals surface area contributed by atoms with Crippen LogP contribution in [0.1, 0.15) is 46.6 Å². The first kappa shape index (κ1) is 15.7. The Morgan fingerprint density at radius 1 is 1.33 bits per heavy atom. The lowest BCUT2D eigenvalue weighted by Gasteiger charge is -2.16. The van der Waals surface area contributed by atoms with E-state index in [0.717, 1.165) is 21.1 Å². The van der Waals surface area contributed by atoms with Crippen LogP contribution in [0.2, 0.25) is 0 Å². The van der Waals surface area contributed by atoms with E-state index < -0.39 is 0 Å². The van der Waals surface area contributed by atoms with Gasteiger partial charge in [0.2, 0.25) is 5.91 Å². The zero-order valence-corrected chi connectivity index (χ0v) is 13.4. The highest BCUT2D eigenvalue weighted by Crippen LogP contribution is 2.24. The summed E-state index contributed by atoms with van der Waals surface area (Å²) in [7, 11) is 0. The minimum absolute atomic E-state index is 0.0355. The highest BCUT2D eigenvalue weighted by atomic mass is 32.1. The normalized spacial score (nSPS) is 13.7. The number of aromatic nitrogens is 1. The summed E-state index contributed by atoms with van der Waals surface area (Å²) in [5.41, 5.74) is 8.03. The summed E-state index contributed by atoms with van der Waals surface area (Å²) < 4.78 is 0. The lowest BCUT2D eigenvalue weighted by Crippen LogP contribution is -2.29. The van der Waals surface area contributed by atoms with Gasteiger partial charge in [-0.15, -0.1) is 11.3 Å². The van der Waals surface area contributed by atoms with Gasteiger partial charge in [-0.2, -0.15) is 0 Å². The van der Waals surface area contributed by atoms with Crippen LogP contribution in [-0.2, 0) is 4.79 Å². The summed E-state index contributed by atoms with van der Waals surface area (Å²) in [5.74, 6) is -0.0377. The Morgan fingerprint density at radius 2 is 2.00 bits per heavy atom. The number of nitrogens with two attached hydrogens (primary N) is 1. The maximum atomic E-state index is 12.1. The van der Waals surface area contributed by atoms with E-state index in [4.69, 9.17) is 5.73 Å². The molecule has 0 saturated heterocycles. The first-order chi connectivity index (χ1) is 9.97. The van der Waals surface area contributed by atoms with Crippen molar-refractivity contribution >= 4 is 17.2 Å². The molecule has 2 unspecified atom stereocenters. The van der Waals surface area contributed by atoms with Crippen LogP contribution in [0.25, 0.3) is 0 Å². The molecular weight excluding hydrogens is 282 g/mol. The second kappa shape index (κ2) is 6.83. The highest BCUT2D eigenvalue weighted by Gasteiger charge is 2.17. The molecule has 0 saturated carbocycles. The third kappa shape index (κ3) is 4.12. The van der Waals surface area contributed by atoms with Crippen LogP contribution in [0.5, 0.6) is 0 Å². The van der Waals surface area contributed by atoms with Gasteiger partial charge in [0.1, 0.15) is 0 Å². The Labute approximate surface area is 129 Å². The van der Waals surface area contributed by atoms with Gasteiger partial charge in [0.25, 0.3) is 0 Å². The zero-order chi connectivity index (χ0) is 15.4. The Hall–Kier alpha value is -1.72. The molecule has 1 amide bonds. The molecule has 3 N–H and O–H groups in total. The van der Waals surface area contributed by atoms with Crippen LogP contribution in [0, 0.1) is 13.8 Å². The zero-order valence-electron chi connectivity index (χ0n) is 12.6. The Balaban J connectivity index is 1.94. The van der Waals surface area contributed by atoms with Crippen molar-refractivity contribution in [1.82, 2.24) is 10.3 Å². The molecule has 2 atom stereocenters. The summed E-state index contributed by atoms with van der Waals surface area (Å²) in [5, 5.41) is 4.02. The Morgan fingerprint density at radius 3 is 2.57 bits per heavy atom. The van der Waals surface area contributed by atoms with E-state index in [1.54, 1.807) is 11.3 Å². The van der Waals surface area contributed by atoms with Crippen molar-refractivity contribution in [1.29, 1.82) is 0 Å². The summed E-state index contributed by atoms with van der Waals surface area (Å²) in [6.07, 6.45) is 0.283. The lowest BCUT2D eigenvalue weighted by molar-refractivity contribution is -0.122. The van der Waals surface area contributed by atoms with Crippen molar-refractivity contribution in [3.63, 3.8) is 0 Å². The van der Waals surface area contributed by atoms with E-state index >= 15 is 0 Å². The molecule has 0 aliphatic heterocycles. The van der Waals surface area contributed by atoms with E-state index in [1.807, 2.05) is 51.1 Å². The summed E-state index contributed by atoms with van der Waals surface area (Å²) in [6.45, 7) is 5.92. The SMILES string of the molecule is Cc1nc(C)c(C(C)NC(=O)CC(N)c2ccccc2)s1. The van der Waals surface area contributed by atoms with Gasteiger partial charge in [-0.3, -0.25) is 4.79 Å². The van der Waals surface area contributed by atoms with Crippen LogP contribution < -0.4 is 11.1 Å². The molecular formula is C16H21N3OS. The Bertz CT molecular complexity index is 609. The van der Waals surface area contributed by atoms with Gasteiger partial charge in [0.05, 0.1) is 16.7 Å². The fourth-order valence-electron chi connectivity index (χ4n) is 2.33. The Kier molecular flexibility index (Phi) is 5.09. The number of aryl methyl sites for hydroxylation is 2. The molecule has 1 aromatic carbocycles.